The SMILES string of the molecule is Cc1nnc(-c2cnc3cnc(CC(=O)N4CCC(NC(CF)CF)CC4)cc3c2)s1. The predicted octanol–water partition coefficient (Wildman–Crippen LogP) is 2.89. The van der Waals surface area contributed by atoms with E-state index in [9.17, 15) is 13.6 Å². The Morgan fingerprint density at radius 2 is 1.97 bits per heavy atom. The summed E-state index contributed by atoms with van der Waals surface area (Å²) in [6.45, 7) is 1.59. The fourth-order valence-electron chi connectivity index (χ4n) is 3.73. The Morgan fingerprint density at radius 1 is 1.19 bits per heavy atom. The van der Waals surface area contributed by atoms with Gasteiger partial charge in [-0.3, -0.25) is 14.8 Å². The molecule has 0 radical (unpaired) electrons. The molecule has 3 aromatic rings. The normalized spacial score (nSPS) is 15.2. The Bertz CT molecular complexity index is 1050. The van der Waals surface area contributed by atoms with E-state index in [4.69, 9.17) is 0 Å². The standard InChI is InChI=1S/C21H24F2N6OS/c1-13-27-28-21(31-13)15-6-14-7-17(24-12-19(14)25-11-15)8-20(30)29-4-2-16(3-5-29)26-18(9-22)10-23/h6-7,11-12,16,18,26H,2-5,8-10H2,1H3. The monoisotopic (exact) mass is 446 g/mol. The molecule has 0 saturated carbocycles. The Balaban J connectivity index is 1.39. The first-order chi connectivity index (χ1) is 15.1. The van der Waals surface area contributed by atoms with Crippen LogP contribution in [0.25, 0.3) is 21.5 Å². The van der Waals surface area contributed by atoms with E-state index in [1.54, 1.807) is 17.3 Å². The summed E-state index contributed by atoms with van der Waals surface area (Å²) in [5.74, 6) is 0.00157. The topological polar surface area (TPSA) is 83.9 Å². The van der Waals surface area contributed by atoms with Crippen molar-refractivity contribution in [3.05, 3.63) is 35.2 Å². The Kier molecular flexibility index (Phi) is 6.77. The maximum atomic E-state index is 12.7. The van der Waals surface area contributed by atoms with Crippen LogP contribution in [0.3, 0.4) is 0 Å². The number of aryl methyl sites for hydroxylation is 1. The summed E-state index contributed by atoms with van der Waals surface area (Å²) < 4.78 is 25.4. The third-order valence-corrected chi connectivity index (χ3v) is 6.31. The Labute approximate surface area is 182 Å². The van der Waals surface area contributed by atoms with Gasteiger partial charge in [-0.05, 0) is 31.9 Å². The van der Waals surface area contributed by atoms with Crippen molar-refractivity contribution in [3.8, 4) is 10.6 Å². The van der Waals surface area contributed by atoms with Crippen molar-refractivity contribution in [1.82, 2.24) is 30.4 Å². The number of alkyl halides is 2. The van der Waals surface area contributed by atoms with E-state index in [2.05, 4.69) is 25.5 Å². The summed E-state index contributed by atoms with van der Waals surface area (Å²) in [6.07, 6.45) is 5.00. The van der Waals surface area contributed by atoms with Crippen LogP contribution in [0.5, 0.6) is 0 Å². The molecule has 1 N–H and O–H groups in total. The van der Waals surface area contributed by atoms with Crippen LogP contribution >= 0.6 is 11.3 Å². The van der Waals surface area contributed by atoms with Gasteiger partial charge in [0, 0.05) is 36.3 Å². The summed E-state index contributed by atoms with van der Waals surface area (Å²) >= 11 is 1.50. The van der Waals surface area contributed by atoms with Crippen LogP contribution in [0, 0.1) is 6.92 Å². The van der Waals surface area contributed by atoms with Gasteiger partial charge in [0.2, 0.25) is 5.91 Å². The number of fused-ring (bicyclic) bond motifs is 1. The first kappa shape index (κ1) is 21.6. The smallest absolute Gasteiger partial charge is 0.228 e. The average molecular weight is 447 g/mol. The second-order valence-corrected chi connectivity index (χ2v) is 8.90. The number of carbonyl (C=O) groups is 1. The minimum Gasteiger partial charge on any atom is -0.342 e. The lowest BCUT2D eigenvalue weighted by molar-refractivity contribution is -0.131. The molecule has 7 nitrogen and oxygen atoms in total. The predicted molar refractivity (Wildman–Crippen MR) is 115 cm³/mol. The molecule has 0 aliphatic carbocycles. The molecule has 10 heteroatoms. The van der Waals surface area contributed by atoms with Crippen LogP contribution in [0.1, 0.15) is 23.5 Å². The number of halogens is 2. The first-order valence-electron chi connectivity index (χ1n) is 10.3. The fraction of sp³-hybridized carbons (Fsp3) is 0.476. The number of amides is 1. The molecule has 0 aromatic carbocycles. The molecule has 3 aromatic heterocycles. The van der Waals surface area contributed by atoms with Crippen molar-refractivity contribution in [1.29, 1.82) is 0 Å². The molecule has 1 amide bonds. The van der Waals surface area contributed by atoms with Crippen molar-refractivity contribution >= 4 is 28.1 Å². The van der Waals surface area contributed by atoms with E-state index >= 15 is 0 Å². The summed E-state index contributed by atoms with van der Waals surface area (Å²) in [5.41, 5.74) is 2.32. The molecule has 4 rings (SSSR count). The summed E-state index contributed by atoms with van der Waals surface area (Å²) in [4.78, 5) is 23.4. The summed E-state index contributed by atoms with van der Waals surface area (Å²) in [7, 11) is 0. The molecule has 31 heavy (non-hydrogen) atoms. The number of pyridine rings is 2. The second-order valence-electron chi connectivity index (χ2n) is 7.72. The van der Waals surface area contributed by atoms with E-state index in [1.807, 2.05) is 19.1 Å². The average Bonchev–Trinajstić information content (AvgIpc) is 3.23. The van der Waals surface area contributed by atoms with Gasteiger partial charge >= 0.3 is 0 Å². The third-order valence-electron chi connectivity index (χ3n) is 5.42. The van der Waals surface area contributed by atoms with Crippen LogP contribution in [-0.2, 0) is 11.2 Å². The summed E-state index contributed by atoms with van der Waals surface area (Å²) in [5, 5.41) is 13.8. The zero-order chi connectivity index (χ0) is 21.8. The van der Waals surface area contributed by atoms with Gasteiger partial charge in [0.25, 0.3) is 0 Å². The van der Waals surface area contributed by atoms with Gasteiger partial charge in [-0.2, -0.15) is 0 Å². The highest BCUT2D eigenvalue weighted by Crippen LogP contribution is 2.25. The molecule has 1 aliphatic heterocycles. The maximum absolute atomic E-state index is 12.7. The van der Waals surface area contributed by atoms with Gasteiger partial charge < -0.3 is 10.2 Å². The number of hydrogen-bond donors (Lipinski definition) is 1. The van der Waals surface area contributed by atoms with Crippen molar-refractivity contribution in [2.24, 2.45) is 0 Å². The molecule has 1 aliphatic rings. The molecule has 4 heterocycles. The lowest BCUT2D eigenvalue weighted by Crippen LogP contribution is -2.49. The molecule has 0 atom stereocenters. The zero-order valence-electron chi connectivity index (χ0n) is 17.2. The van der Waals surface area contributed by atoms with Crippen molar-refractivity contribution in [3.63, 3.8) is 0 Å². The van der Waals surface area contributed by atoms with E-state index in [0.717, 1.165) is 26.5 Å². The van der Waals surface area contributed by atoms with Crippen LogP contribution in [0.4, 0.5) is 8.78 Å². The zero-order valence-corrected chi connectivity index (χ0v) is 18.0. The summed E-state index contributed by atoms with van der Waals surface area (Å²) in [6, 6.07) is 3.16. The lowest BCUT2D eigenvalue weighted by Gasteiger charge is -2.33. The quantitative estimate of drug-likeness (QED) is 0.601. The van der Waals surface area contributed by atoms with Crippen LogP contribution < -0.4 is 5.32 Å². The molecular formula is C21H24F2N6OS. The van der Waals surface area contributed by atoms with Crippen LogP contribution in [0.2, 0.25) is 0 Å². The molecular weight excluding hydrogens is 422 g/mol. The molecule has 1 fully saturated rings. The molecule has 0 unspecified atom stereocenters. The number of rotatable bonds is 7. The fourth-order valence-corrected chi connectivity index (χ4v) is 4.40. The molecule has 1 saturated heterocycles. The van der Waals surface area contributed by atoms with Gasteiger partial charge in [-0.15, -0.1) is 10.2 Å². The minimum absolute atomic E-state index is 0.00157. The number of piperidine rings is 1. The Morgan fingerprint density at radius 3 is 2.65 bits per heavy atom. The molecule has 0 spiro atoms. The maximum Gasteiger partial charge on any atom is 0.228 e. The van der Waals surface area contributed by atoms with Crippen molar-refractivity contribution in [2.45, 2.75) is 38.3 Å². The third kappa shape index (κ3) is 5.19. The number of nitrogens with zero attached hydrogens (tertiary/aromatic N) is 5. The highest BCUT2D eigenvalue weighted by Gasteiger charge is 2.25. The second kappa shape index (κ2) is 9.69. The minimum atomic E-state index is -0.753. The number of carbonyl (C=O) groups excluding carboxylic acids is 1. The van der Waals surface area contributed by atoms with Crippen molar-refractivity contribution < 1.29 is 13.6 Å². The van der Waals surface area contributed by atoms with Gasteiger partial charge in [0.1, 0.15) is 23.4 Å². The van der Waals surface area contributed by atoms with E-state index in [1.165, 1.54) is 11.3 Å². The highest BCUT2D eigenvalue weighted by atomic mass is 32.1. The van der Waals surface area contributed by atoms with Crippen LogP contribution in [-0.4, -0.2) is 69.5 Å². The highest BCUT2D eigenvalue weighted by molar-refractivity contribution is 7.14. The number of aromatic nitrogens is 4. The first-order valence-corrected chi connectivity index (χ1v) is 11.1. The van der Waals surface area contributed by atoms with E-state index < -0.39 is 19.4 Å². The molecule has 0 bridgehead atoms. The lowest BCUT2D eigenvalue weighted by atomic mass is 10.0. The van der Waals surface area contributed by atoms with Gasteiger partial charge in [0.05, 0.1) is 29.9 Å². The van der Waals surface area contributed by atoms with E-state index in [-0.39, 0.29) is 18.4 Å². The largest absolute Gasteiger partial charge is 0.342 e. The number of hydrogen-bond acceptors (Lipinski definition) is 7. The number of likely N-dealkylation sites (tertiary alicyclic amines) is 1. The van der Waals surface area contributed by atoms with E-state index in [0.29, 0.717) is 31.6 Å². The number of nitrogens with one attached hydrogen (secondary N) is 1. The molecule has 164 valence electrons. The van der Waals surface area contributed by atoms with Crippen LogP contribution in [0.15, 0.2) is 24.5 Å². The van der Waals surface area contributed by atoms with Crippen molar-refractivity contribution in [2.75, 3.05) is 26.4 Å². The van der Waals surface area contributed by atoms with Gasteiger partial charge in [-0.1, -0.05) is 11.3 Å². The Hall–Kier alpha value is -2.59. The van der Waals surface area contributed by atoms with Gasteiger partial charge in [0.15, 0.2) is 0 Å². The van der Waals surface area contributed by atoms with Gasteiger partial charge in [-0.25, -0.2) is 8.78 Å².